The molecule has 0 saturated heterocycles. The van der Waals surface area contributed by atoms with E-state index in [0.717, 1.165) is 25.7 Å². The second-order valence-corrected chi connectivity index (χ2v) is 5.60. The van der Waals surface area contributed by atoms with Crippen LogP contribution < -0.4 is 15.8 Å². The molecule has 1 aliphatic rings. The topological polar surface area (TPSA) is 106 Å². The van der Waals surface area contributed by atoms with E-state index < -0.39 is 5.60 Å². The highest BCUT2D eigenvalue weighted by molar-refractivity contribution is 5.33. The lowest BCUT2D eigenvalue weighted by Gasteiger charge is -2.32. The van der Waals surface area contributed by atoms with E-state index in [9.17, 15) is 5.11 Å². The Labute approximate surface area is 119 Å². The Kier molecular flexibility index (Phi) is 4.59. The van der Waals surface area contributed by atoms with E-state index in [-0.39, 0.29) is 18.1 Å². The molecule has 0 unspecified atom stereocenters. The number of nitrogens with one attached hydrogen (secondary N) is 1. The van der Waals surface area contributed by atoms with Crippen molar-refractivity contribution in [1.29, 1.82) is 0 Å². The van der Waals surface area contributed by atoms with Crippen LogP contribution >= 0.6 is 0 Å². The summed E-state index contributed by atoms with van der Waals surface area (Å²) >= 11 is 0. The van der Waals surface area contributed by atoms with Gasteiger partial charge in [0.1, 0.15) is 0 Å². The van der Waals surface area contributed by atoms with Crippen LogP contribution in [0.2, 0.25) is 0 Å². The largest absolute Gasteiger partial charge is 0.461 e. The molecule has 0 spiro atoms. The van der Waals surface area contributed by atoms with Gasteiger partial charge in [-0.1, -0.05) is 19.3 Å². The summed E-state index contributed by atoms with van der Waals surface area (Å²) in [6, 6.07) is 0.200. The van der Waals surface area contributed by atoms with Crippen LogP contribution in [-0.4, -0.2) is 38.3 Å². The average Bonchev–Trinajstić information content (AvgIpc) is 2.36. The van der Waals surface area contributed by atoms with Gasteiger partial charge < -0.3 is 20.9 Å². The van der Waals surface area contributed by atoms with Crippen LogP contribution in [0.1, 0.15) is 46.0 Å². The van der Waals surface area contributed by atoms with E-state index >= 15 is 0 Å². The van der Waals surface area contributed by atoms with Crippen molar-refractivity contribution in [1.82, 2.24) is 15.0 Å². The fourth-order valence-electron chi connectivity index (χ4n) is 2.34. The van der Waals surface area contributed by atoms with Crippen molar-refractivity contribution < 1.29 is 9.84 Å². The molecule has 112 valence electrons. The van der Waals surface area contributed by atoms with E-state index in [1.807, 2.05) is 13.8 Å². The Balaban J connectivity index is 1.99. The summed E-state index contributed by atoms with van der Waals surface area (Å²) in [5.41, 5.74) is 4.95. The number of aliphatic hydroxyl groups is 1. The molecule has 0 atom stereocenters. The minimum Gasteiger partial charge on any atom is -0.461 e. The second kappa shape index (κ2) is 6.21. The number of ether oxygens (including phenoxy) is 1. The van der Waals surface area contributed by atoms with Crippen molar-refractivity contribution in [3.63, 3.8) is 0 Å². The van der Waals surface area contributed by atoms with Gasteiger partial charge in [0.05, 0.1) is 11.7 Å². The molecule has 0 amide bonds. The van der Waals surface area contributed by atoms with Crippen LogP contribution in [0.3, 0.4) is 0 Å². The summed E-state index contributed by atoms with van der Waals surface area (Å²) in [7, 11) is 0. The highest BCUT2D eigenvalue weighted by Gasteiger charge is 2.29. The van der Waals surface area contributed by atoms with Crippen molar-refractivity contribution in [3.05, 3.63) is 0 Å². The fourth-order valence-corrected chi connectivity index (χ4v) is 2.34. The quantitative estimate of drug-likeness (QED) is 0.747. The molecule has 1 aliphatic carbocycles. The number of anilines is 2. The van der Waals surface area contributed by atoms with Crippen LogP contribution in [0.25, 0.3) is 0 Å². The van der Waals surface area contributed by atoms with Gasteiger partial charge in [-0.25, -0.2) is 0 Å². The highest BCUT2D eigenvalue weighted by atomic mass is 16.5. The van der Waals surface area contributed by atoms with Crippen molar-refractivity contribution >= 4 is 11.9 Å². The Bertz CT molecular complexity index is 446. The molecule has 2 rings (SSSR count). The van der Waals surface area contributed by atoms with E-state index in [0.29, 0.717) is 12.5 Å². The molecule has 1 aromatic heterocycles. The zero-order valence-electron chi connectivity index (χ0n) is 12.1. The summed E-state index contributed by atoms with van der Waals surface area (Å²) in [5.74, 6) is 0.445. The molecule has 1 heterocycles. The van der Waals surface area contributed by atoms with Gasteiger partial charge in [0.2, 0.25) is 11.9 Å². The maximum atomic E-state index is 10.4. The Morgan fingerprint density at radius 1 is 1.25 bits per heavy atom. The van der Waals surface area contributed by atoms with Gasteiger partial charge in [-0.05, 0) is 26.7 Å². The first kappa shape index (κ1) is 14.8. The fraction of sp³-hybridized carbons (Fsp3) is 0.769. The number of aromatic nitrogens is 3. The van der Waals surface area contributed by atoms with E-state index in [1.54, 1.807) is 0 Å². The molecular formula is C13H23N5O2. The number of nitrogen functional groups attached to an aromatic ring is 1. The standard InChI is InChI=1S/C13H23N5O2/c1-9(2)20-12-17-10(14)16-11(18-12)15-8-13(19)6-4-3-5-7-13/h9,19H,3-8H2,1-2H3,(H3,14,15,16,17,18). The number of nitrogens with two attached hydrogens (primary N) is 1. The zero-order chi connectivity index (χ0) is 14.6. The number of hydrogen-bond acceptors (Lipinski definition) is 7. The number of rotatable bonds is 5. The predicted octanol–water partition coefficient (Wildman–Crippen LogP) is 1.35. The Morgan fingerprint density at radius 2 is 1.95 bits per heavy atom. The third-order valence-electron chi connectivity index (χ3n) is 3.33. The first-order valence-electron chi connectivity index (χ1n) is 7.11. The minimum absolute atomic E-state index is 0.0350. The molecule has 7 nitrogen and oxygen atoms in total. The van der Waals surface area contributed by atoms with Crippen molar-refractivity contribution in [2.45, 2.75) is 57.7 Å². The third kappa shape index (κ3) is 4.19. The SMILES string of the molecule is CC(C)Oc1nc(N)nc(NCC2(O)CCCCC2)n1. The molecule has 7 heteroatoms. The lowest BCUT2D eigenvalue weighted by Crippen LogP contribution is -2.39. The van der Waals surface area contributed by atoms with E-state index in [2.05, 4.69) is 20.3 Å². The number of hydrogen-bond donors (Lipinski definition) is 3. The monoisotopic (exact) mass is 281 g/mol. The Morgan fingerprint density at radius 3 is 2.60 bits per heavy atom. The van der Waals surface area contributed by atoms with Gasteiger partial charge in [0, 0.05) is 6.54 Å². The van der Waals surface area contributed by atoms with Crippen LogP contribution in [0.4, 0.5) is 11.9 Å². The van der Waals surface area contributed by atoms with Crippen molar-refractivity contribution in [3.8, 4) is 6.01 Å². The van der Waals surface area contributed by atoms with E-state index in [4.69, 9.17) is 10.5 Å². The van der Waals surface area contributed by atoms with E-state index in [1.165, 1.54) is 6.42 Å². The van der Waals surface area contributed by atoms with Crippen molar-refractivity contribution in [2.75, 3.05) is 17.6 Å². The maximum absolute atomic E-state index is 10.4. The molecule has 1 fully saturated rings. The summed E-state index contributed by atoms with van der Waals surface area (Å²) in [5, 5.41) is 13.5. The molecule has 0 radical (unpaired) electrons. The number of nitrogens with zero attached hydrogens (tertiary/aromatic N) is 3. The van der Waals surface area contributed by atoms with Gasteiger partial charge in [-0.3, -0.25) is 0 Å². The molecule has 4 N–H and O–H groups in total. The minimum atomic E-state index is -0.682. The molecule has 0 aliphatic heterocycles. The summed E-state index contributed by atoms with van der Waals surface area (Å²) in [4.78, 5) is 12.1. The highest BCUT2D eigenvalue weighted by Crippen LogP contribution is 2.28. The average molecular weight is 281 g/mol. The molecular weight excluding hydrogens is 258 g/mol. The second-order valence-electron chi connectivity index (χ2n) is 5.60. The summed E-state index contributed by atoms with van der Waals surface area (Å²) in [6.07, 6.45) is 4.87. The molecule has 0 aromatic carbocycles. The smallest absolute Gasteiger partial charge is 0.323 e. The van der Waals surface area contributed by atoms with Gasteiger partial charge >= 0.3 is 6.01 Å². The lowest BCUT2D eigenvalue weighted by molar-refractivity contribution is 0.0165. The zero-order valence-corrected chi connectivity index (χ0v) is 12.1. The first-order chi connectivity index (χ1) is 9.47. The Hall–Kier alpha value is -1.63. The lowest BCUT2D eigenvalue weighted by atomic mass is 9.85. The van der Waals surface area contributed by atoms with Crippen LogP contribution in [0, 0.1) is 0 Å². The maximum Gasteiger partial charge on any atom is 0.323 e. The van der Waals surface area contributed by atoms with Crippen LogP contribution in [-0.2, 0) is 0 Å². The van der Waals surface area contributed by atoms with Gasteiger partial charge in [-0.15, -0.1) is 0 Å². The first-order valence-corrected chi connectivity index (χ1v) is 7.11. The molecule has 0 bridgehead atoms. The van der Waals surface area contributed by atoms with Gasteiger partial charge in [0.15, 0.2) is 0 Å². The predicted molar refractivity (Wildman–Crippen MR) is 76.5 cm³/mol. The molecule has 20 heavy (non-hydrogen) atoms. The summed E-state index contributed by atoms with van der Waals surface area (Å²) in [6.45, 7) is 4.19. The summed E-state index contributed by atoms with van der Waals surface area (Å²) < 4.78 is 5.41. The van der Waals surface area contributed by atoms with Crippen LogP contribution in [0.15, 0.2) is 0 Å². The normalized spacial score (nSPS) is 18.0. The third-order valence-corrected chi connectivity index (χ3v) is 3.33. The molecule has 1 aromatic rings. The van der Waals surface area contributed by atoms with Gasteiger partial charge in [0.25, 0.3) is 0 Å². The molecule has 1 saturated carbocycles. The van der Waals surface area contributed by atoms with Gasteiger partial charge in [-0.2, -0.15) is 15.0 Å². The van der Waals surface area contributed by atoms with Crippen LogP contribution in [0.5, 0.6) is 6.01 Å². The van der Waals surface area contributed by atoms with Crippen molar-refractivity contribution in [2.24, 2.45) is 0 Å².